The minimum Gasteiger partial charge on any atom is -0.508 e. The number of hydrogen-bond acceptors (Lipinski definition) is 4. The van der Waals surface area contributed by atoms with Gasteiger partial charge in [0.05, 0.1) is 13.2 Å². The molecule has 4 nitrogen and oxygen atoms in total. The molecule has 0 radical (unpaired) electrons. The Labute approximate surface area is 159 Å². The molecule has 1 saturated carbocycles. The molecule has 1 heterocycles. The van der Waals surface area contributed by atoms with E-state index in [1.54, 1.807) is 24.3 Å². The zero-order valence-corrected chi connectivity index (χ0v) is 15.6. The van der Waals surface area contributed by atoms with Gasteiger partial charge in [-0.3, -0.25) is 0 Å². The van der Waals surface area contributed by atoms with Gasteiger partial charge >= 0.3 is 0 Å². The lowest BCUT2D eigenvalue weighted by molar-refractivity contribution is 0.172. The van der Waals surface area contributed by atoms with Crippen molar-refractivity contribution in [2.75, 3.05) is 26.7 Å². The van der Waals surface area contributed by atoms with Crippen molar-refractivity contribution < 1.29 is 19.0 Å². The van der Waals surface area contributed by atoms with Gasteiger partial charge in [0.25, 0.3) is 0 Å². The van der Waals surface area contributed by atoms with Crippen molar-refractivity contribution in [3.8, 4) is 17.2 Å². The second kappa shape index (κ2) is 7.77. The molecule has 27 heavy (non-hydrogen) atoms. The highest BCUT2D eigenvalue weighted by atomic mass is 19.1. The van der Waals surface area contributed by atoms with Gasteiger partial charge in [0.15, 0.2) is 17.3 Å². The summed E-state index contributed by atoms with van der Waals surface area (Å²) in [4.78, 5) is 2.52. The number of halogens is 1. The van der Waals surface area contributed by atoms with Gasteiger partial charge in [-0.25, -0.2) is 4.39 Å². The quantitative estimate of drug-likeness (QED) is 0.837. The molecule has 2 aromatic carbocycles. The Hall–Kier alpha value is -2.27. The van der Waals surface area contributed by atoms with E-state index in [1.807, 2.05) is 12.1 Å². The number of aromatic hydroxyl groups is 1. The first kappa shape index (κ1) is 18.1. The Morgan fingerprint density at radius 2 is 1.78 bits per heavy atom. The third kappa shape index (κ3) is 4.03. The van der Waals surface area contributed by atoms with Crippen LogP contribution in [-0.2, 0) is 6.42 Å². The monoisotopic (exact) mass is 371 g/mol. The fourth-order valence-corrected chi connectivity index (χ4v) is 4.50. The summed E-state index contributed by atoms with van der Waals surface area (Å²) >= 11 is 0. The summed E-state index contributed by atoms with van der Waals surface area (Å²) in [6.45, 7) is 3.19. The third-order valence-corrected chi connectivity index (χ3v) is 5.87. The Balaban J connectivity index is 1.29. The Kier molecular flexibility index (Phi) is 5.21. The van der Waals surface area contributed by atoms with Gasteiger partial charge in [0, 0.05) is 19.6 Å². The predicted molar refractivity (Wildman–Crippen MR) is 102 cm³/mol. The van der Waals surface area contributed by atoms with Gasteiger partial charge in [-0.2, -0.15) is 0 Å². The standard InChI is InChI=1S/C22H26FNO3/c1-26-21-4-2-3-20(23)22(21)27-19-11-16-13-24(14-17(16)12-19)10-9-15-5-7-18(25)8-6-15/h2-8,16-17,19,25H,9-14H2,1H3/t16-,17+,19?. The van der Waals surface area contributed by atoms with Gasteiger partial charge in [0.1, 0.15) is 5.75 Å². The Bertz CT molecular complexity index is 766. The number of fused-ring (bicyclic) bond motifs is 1. The van der Waals surface area contributed by atoms with Crippen LogP contribution < -0.4 is 9.47 Å². The third-order valence-electron chi connectivity index (χ3n) is 5.87. The number of phenolic OH excluding ortho intramolecular Hbond substituents is 1. The normalized spacial score (nSPS) is 24.7. The van der Waals surface area contributed by atoms with Gasteiger partial charge in [0.2, 0.25) is 0 Å². The molecule has 3 atom stereocenters. The molecule has 1 saturated heterocycles. The molecule has 2 aliphatic rings. The molecule has 1 aliphatic heterocycles. The molecule has 5 heteroatoms. The van der Waals surface area contributed by atoms with E-state index in [-0.39, 0.29) is 17.7 Å². The van der Waals surface area contributed by atoms with E-state index in [0.717, 1.165) is 38.9 Å². The minimum absolute atomic E-state index is 0.0602. The summed E-state index contributed by atoms with van der Waals surface area (Å²) in [5.41, 5.74) is 1.25. The maximum absolute atomic E-state index is 14.1. The van der Waals surface area contributed by atoms with Crippen molar-refractivity contribution >= 4 is 0 Å². The van der Waals surface area contributed by atoms with Crippen LogP contribution in [0.5, 0.6) is 17.2 Å². The summed E-state index contributed by atoms with van der Waals surface area (Å²) in [6.07, 6.45) is 2.99. The van der Waals surface area contributed by atoms with Crippen molar-refractivity contribution in [3.05, 3.63) is 53.8 Å². The molecule has 4 rings (SSSR count). The molecular formula is C22H26FNO3. The van der Waals surface area contributed by atoms with Crippen LogP contribution in [0.25, 0.3) is 0 Å². The lowest BCUT2D eigenvalue weighted by Crippen LogP contribution is -2.26. The number of methoxy groups -OCH3 is 1. The molecule has 0 amide bonds. The van der Waals surface area contributed by atoms with Crippen LogP contribution in [-0.4, -0.2) is 42.9 Å². The van der Waals surface area contributed by atoms with Crippen molar-refractivity contribution in [2.24, 2.45) is 11.8 Å². The summed E-state index contributed by atoms with van der Waals surface area (Å²) in [5.74, 6) is 1.89. The topological polar surface area (TPSA) is 41.9 Å². The van der Waals surface area contributed by atoms with Gasteiger partial charge < -0.3 is 19.5 Å². The average molecular weight is 371 g/mol. The minimum atomic E-state index is -0.359. The van der Waals surface area contributed by atoms with Crippen LogP contribution >= 0.6 is 0 Å². The summed E-state index contributed by atoms with van der Waals surface area (Å²) < 4.78 is 25.3. The molecule has 1 unspecified atom stereocenters. The molecule has 2 aromatic rings. The number of nitrogens with zero attached hydrogens (tertiary/aromatic N) is 1. The molecule has 0 bridgehead atoms. The average Bonchev–Trinajstić information content (AvgIpc) is 3.21. The van der Waals surface area contributed by atoms with E-state index in [1.165, 1.54) is 18.7 Å². The SMILES string of the molecule is COc1cccc(F)c1OC1C[C@@H]2CN(CCc3ccc(O)cc3)C[C@@H]2C1. The zero-order chi connectivity index (χ0) is 18.8. The second-order valence-electron chi connectivity index (χ2n) is 7.68. The van der Waals surface area contributed by atoms with Crippen LogP contribution in [0.15, 0.2) is 42.5 Å². The molecule has 1 aliphatic carbocycles. The Morgan fingerprint density at radius 1 is 1.07 bits per heavy atom. The second-order valence-corrected chi connectivity index (χ2v) is 7.68. The first-order valence-corrected chi connectivity index (χ1v) is 9.62. The summed E-state index contributed by atoms with van der Waals surface area (Å²) in [6, 6.07) is 12.2. The number of para-hydroxylation sites is 1. The first-order valence-electron chi connectivity index (χ1n) is 9.62. The summed E-state index contributed by atoms with van der Waals surface area (Å²) in [5, 5.41) is 9.37. The highest BCUT2D eigenvalue weighted by Gasteiger charge is 2.42. The van der Waals surface area contributed by atoms with Crippen LogP contribution in [0.4, 0.5) is 4.39 Å². The van der Waals surface area contributed by atoms with E-state index >= 15 is 0 Å². The van der Waals surface area contributed by atoms with Gasteiger partial charge in [-0.1, -0.05) is 18.2 Å². The van der Waals surface area contributed by atoms with Crippen molar-refractivity contribution in [3.63, 3.8) is 0 Å². The highest BCUT2D eigenvalue weighted by Crippen LogP contribution is 2.41. The Morgan fingerprint density at radius 3 is 2.44 bits per heavy atom. The lowest BCUT2D eigenvalue weighted by atomic mass is 10.0. The summed E-state index contributed by atoms with van der Waals surface area (Å²) in [7, 11) is 1.54. The number of phenols is 1. The number of likely N-dealkylation sites (tertiary alicyclic amines) is 1. The fraction of sp³-hybridized carbons (Fsp3) is 0.455. The molecule has 2 fully saturated rings. The van der Waals surface area contributed by atoms with Crippen LogP contribution in [0.2, 0.25) is 0 Å². The van der Waals surface area contributed by atoms with Crippen molar-refractivity contribution in [1.29, 1.82) is 0 Å². The number of ether oxygens (including phenoxy) is 2. The predicted octanol–water partition coefficient (Wildman–Crippen LogP) is 3.87. The van der Waals surface area contributed by atoms with E-state index in [4.69, 9.17) is 9.47 Å². The molecular weight excluding hydrogens is 345 g/mol. The van der Waals surface area contributed by atoms with E-state index in [0.29, 0.717) is 23.3 Å². The number of benzene rings is 2. The maximum atomic E-state index is 14.1. The first-order chi connectivity index (χ1) is 13.1. The van der Waals surface area contributed by atoms with Crippen LogP contribution in [0.3, 0.4) is 0 Å². The lowest BCUT2D eigenvalue weighted by Gasteiger charge is -2.20. The molecule has 0 aromatic heterocycles. The highest BCUT2D eigenvalue weighted by molar-refractivity contribution is 5.41. The van der Waals surface area contributed by atoms with E-state index in [2.05, 4.69) is 4.90 Å². The maximum Gasteiger partial charge on any atom is 0.197 e. The van der Waals surface area contributed by atoms with Crippen LogP contribution in [0, 0.1) is 17.7 Å². The zero-order valence-electron chi connectivity index (χ0n) is 15.6. The number of rotatable bonds is 6. The molecule has 144 valence electrons. The van der Waals surface area contributed by atoms with Crippen LogP contribution in [0.1, 0.15) is 18.4 Å². The smallest absolute Gasteiger partial charge is 0.197 e. The van der Waals surface area contributed by atoms with Gasteiger partial charge in [-0.05, 0) is 60.9 Å². The van der Waals surface area contributed by atoms with E-state index < -0.39 is 0 Å². The molecule has 0 spiro atoms. The van der Waals surface area contributed by atoms with E-state index in [9.17, 15) is 9.50 Å². The van der Waals surface area contributed by atoms with Crippen molar-refractivity contribution in [1.82, 2.24) is 4.90 Å². The number of hydrogen-bond donors (Lipinski definition) is 1. The largest absolute Gasteiger partial charge is 0.508 e. The van der Waals surface area contributed by atoms with Gasteiger partial charge in [-0.15, -0.1) is 0 Å². The fourth-order valence-electron chi connectivity index (χ4n) is 4.50. The van der Waals surface area contributed by atoms with Crippen molar-refractivity contribution in [2.45, 2.75) is 25.4 Å². The molecule has 1 N–H and O–H groups in total.